The zero-order chi connectivity index (χ0) is 19.8. The van der Waals surface area contributed by atoms with Crippen LogP contribution in [0.1, 0.15) is 21.5 Å². The minimum absolute atomic E-state index is 0.0639. The molecule has 4 aromatic rings. The summed E-state index contributed by atoms with van der Waals surface area (Å²) in [6.07, 6.45) is 1.44. The molecule has 4 rings (SSSR count). The largest absolute Gasteiger partial charge is 0.292 e. The number of benzene rings is 2. The number of nitrogens with zero attached hydrogens (tertiary/aromatic N) is 2. The lowest BCUT2D eigenvalue weighted by Crippen LogP contribution is -2.24. The Labute approximate surface area is 171 Å². The molecule has 0 aliphatic carbocycles. The molecule has 28 heavy (non-hydrogen) atoms. The first-order chi connectivity index (χ1) is 13.4. The zero-order valence-corrected chi connectivity index (χ0v) is 17.0. The fraction of sp³-hybridized carbons (Fsp3) is 0.136. The molecule has 0 aliphatic heterocycles. The second-order valence-corrected chi connectivity index (χ2v) is 8.03. The number of fused-ring (bicyclic) bond motifs is 1. The first-order valence-electron chi connectivity index (χ1n) is 8.77. The Morgan fingerprint density at radius 1 is 1.11 bits per heavy atom. The number of aromatic nitrogens is 2. The topological polar surface area (TPSA) is 52.0 Å². The molecule has 0 aliphatic rings. The van der Waals surface area contributed by atoms with E-state index in [4.69, 9.17) is 11.6 Å². The van der Waals surface area contributed by atoms with E-state index in [1.807, 2.05) is 17.5 Å². The summed E-state index contributed by atoms with van der Waals surface area (Å²) in [5.41, 5.74) is 4.51. The Balaban J connectivity index is 1.76. The number of carbonyl (C=O) groups is 1. The van der Waals surface area contributed by atoms with Gasteiger partial charge in [0.25, 0.3) is 5.56 Å². The maximum absolute atomic E-state index is 13.1. The number of aryl methyl sites for hydroxylation is 2. The number of rotatable bonds is 4. The van der Waals surface area contributed by atoms with Crippen molar-refractivity contribution in [2.45, 2.75) is 20.4 Å². The standard InChI is InChI=1S/C22H17ClN2O2S/c1-13-3-4-16(9-14(13)2)18-11-28-21-20(18)22(27)25(12-24-21)10-19(26)15-5-7-17(23)8-6-15/h3-9,11-12H,10H2,1-2H3. The van der Waals surface area contributed by atoms with Crippen molar-refractivity contribution in [2.24, 2.45) is 0 Å². The van der Waals surface area contributed by atoms with E-state index < -0.39 is 0 Å². The average Bonchev–Trinajstić information content (AvgIpc) is 3.11. The average molecular weight is 409 g/mol. The second-order valence-electron chi connectivity index (χ2n) is 6.74. The van der Waals surface area contributed by atoms with E-state index in [9.17, 15) is 9.59 Å². The van der Waals surface area contributed by atoms with E-state index in [0.29, 0.717) is 20.8 Å². The second kappa shape index (κ2) is 7.34. The van der Waals surface area contributed by atoms with E-state index in [-0.39, 0.29) is 17.9 Å². The molecule has 2 aromatic carbocycles. The summed E-state index contributed by atoms with van der Waals surface area (Å²) in [4.78, 5) is 30.7. The third kappa shape index (κ3) is 3.39. The van der Waals surface area contributed by atoms with Gasteiger partial charge < -0.3 is 0 Å². The summed E-state index contributed by atoms with van der Waals surface area (Å²) in [6, 6.07) is 12.8. The summed E-state index contributed by atoms with van der Waals surface area (Å²) in [7, 11) is 0. The molecular formula is C22H17ClN2O2S. The summed E-state index contributed by atoms with van der Waals surface area (Å²) in [5.74, 6) is -0.164. The fourth-order valence-corrected chi connectivity index (χ4v) is 4.12. The zero-order valence-electron chi connectivity index (χ0n) is 15.4. The molecule has 0 amide bonds. The van der Waals surface area contributed by atoms with Crippen molar-refractivity contribution in [1.82, 2.24) is 9.55 Å². The fourth-order valence-electron chi connectivity index (χ4n) is 3.08. The minimum Gasteiger partial charge on any atom is -0.292 e. The number of Topliss-reactive ketones (excluding diaryl/α,β-unsaturated/α-hetero) is 1. The Hall–Kier alpha value is -2.76. The van der Waals surface area contributed by atoms with Crippen LogP contribution in [-0.4, -0.2) is 15.3 Å². The van der Waals surface area contributed by atoms with Crippen LogP contribution < -0.4 is 5.56 Å². The molecular weight excluding hydrogens is 392 g/mol. The molecule has 2 aromatic heterocycles. The number of ketones is 1. The van der Waals surface area contributed by atoms with Crippen LogP contribution in [0.2, 0.25) is 5.02 Å². The predicted octanol–water partition coefficient (Wildman–Crippen LogP) is 5.28. The van der Waals surface area contributed by atoms with Crippen molar-refractivity contribution >= 4 is 38.9 Å². The van der Waals surface area contributed by atoms with E-state index in [0.717, 1.165) is 11.1 Å². The van der Waals surface area contributed by atoms with Crippen molar-refractivity contribution in [3.8, 4) is 11.1 Å². The van der Waals surface area contributed by atoms with E-state index in [1.54, 1.807) is 24.3 Å². The SMILES string of the molecule is Cc1ccc(-c2csc3ncn(CC(=O)c4ccc(Cl)cc4)c(=O)c23)cc1C. The number of hydrogen-bond acceptors (Lipinski definition) is 4. The molecule has 0 atom stereocenters. The van der Waals surface area contributed by atoms with Crippen LogP contribution in [0.15, 0.2) is 59.0 Å². The highest BCUT2D eigenvalue weighted by Crippen LogP contribution is 2.31. The van der Waals surface area contributed by atoms with Gasteiger partial charge in [0.2, 0.25) is 0 Å². The van der Waals surface area contributed by atoms with Crippen LogP contribution in [0.5, 0.6) is 0 Å². The normalized spacial score (nSPS) is 11.1. The van der Waals surface area contributed by atoms with E-state index >= 15 is 0 Å². The van der Waals surface area contributed by atoms with Gasteiger partial charge in [-0.05, 0) is 54.8 Å². The van der Waals surface area contributed by atoms with Gasteiger partial charge in [0.05, 0.1) is 18.3 Å². The van der Waals surface area contributed by atoms with Crippen LogP contribution in [0, 0.1) is 13.8 Å². The van der Waals surface area contributed by atoms with Crippen LogP contribution >= 0.6 is 22.9 Å². The summed E-state index contributed by atoms with van der Waals surface area (Å²) >= 11 is 7.31. The molecule has 140 valence electrons. The lowest BCUT2D eigenvalue weighted by Gasteiger charge is -2.07. The highest BCUT2D eigenvalue weighted by Gasteiger charge is 2.15. The van der Waals surface area contributed by atoms with Gasteiger partial charge in [0, 0.05) is 21.5 Å². The molecule has 0 radical (unpaired) electrons. The van der Waals surface area contributed by atoms with Gasteiger partial charge in [-0.3, -0.25) is 14.2 Å². The van der Waals surface area contributed by atoms with Crippen molar-refractivity contribution in [3.63, 3.8) is 0 Å². The first kappa shape index (κ1) is 18.6. The van der Waals surface area contributed by atoms with Gasteiger partial charge in [0.15, 0.2) is 5.78 Å². The predicted molar refractivity (Wildman–Crippen MR) is 115 cm³/mol. The van der Waals surface area contributed by atoms with E-state index in [1.165, 1.54) is 33.4 Å². The minimum atomic E-state index is -0.207. The third-order valence-corrected chi connectivity index (χ3v) is 6.00. The van der Waals surface area contributed by atoms with E-state index in [2.05, 4.69) is 24.9 Å². The lowest BCUT2D eigenvalue weighted by atomic mass is 10.0. The van der Waals surface area contributed by atoms with Gasteiger partial charge in [-0.1, -0.05) is 29.8 Å². The van der Waals surface area contributed by atoms with Gasteiger partial charge in [-0.25, -0.2) is 4.98 Å². The summed E-state index contributed by atoms with van der Waals surface area (Å²) in [5, 5.41) is 3.07. The van der Waals surface area contributed by atoms with Crippen LogP contribution in [-0.2, 0) is 6.54 Å². The summed E-state index contributed by atoms with van der Waals surface area (Å²) in [6.45, 7) is 4.04. The molecule has 0 unspecified atom stereocenters. The summed E-state index contributed by atoms with van der Waals surface area (Å²) < 4.78 is 1.37. The Kier molecular flexibility index (Phi) is 4.87. The van der Waals surface area contributed by atoms with Crippen LogP contribution in [0.3, 0.4) is 0 Å². The number of carbonyl (C=O) groups excluding carboxylic acids is 1. The van der Waals surface area contributed by atoms with Crippen molar-refractivity contribution < 1.29 is 4.79 Å². The van der Waals surface area contributed by atoms with Gasteiger partial charge >= 0.3 is 0 Å². The monoisotopic (exact) mass is 408 g/mol. The molecule has 2 heterocycles. The highest BCUT2D eigenvalue weighted by atomic mass is 35.5. The van der Waals surface area contributed by atoms with Crippen molar-refractivity contribution in [2.75, 3.05) is 0 Å². The smallest absolute Gasteiger partial charge is 0.263 e. The van der Waals surface area contributed by atoms with Crippen LogP contribution in [0.25, 0.3) is 21.3 Å². The van der Waals surface area contributed by atoms with Crippen molar-refractivity contribution in [1.29, 1.82) is 0 Å². The maximum atomic E-state index is 13.1. The molecule has 4 nitrogen and oxygen atoms in total. The quantitative estimate of drug-likeness (QED) is 0.432. The lowest BCUT2D eigenvalue weighted by molar-refractivity contribution is 0.0970. The molecule has 0 saturated heterocycles. The molecule has 0 spiro atoms. The molecule has 0 saturated carbocycles. The first-order valence-corrected chi connectivity index (χ1v) is 10.0. The number of thiophene rings is 1. The third-order valence-electron chi connectivity index (χ3n) is 4.86. The van der Waals surface area contributed by atoms with Gasteiger partial charge in [0.1, 0.15) is 4.83 Å². The van der Waals surface area contributed by atoms with Crippen molar-refractivity contribution in [3.05, 3.63) is 86.2 Å². The Morgan fingerprint density at radius 3 is 2.57 bits per heavy atom. The number of halogens is 1. The molecule has 0 bridgehead atoms. The van der Waals surface area contributed by atoms with Crippen LogP contribution in [0.4, 0.5) is 0 Å². The Morgan fingerprint density at radius 2 is 1.86 bits per heavy atom. The number of hydrogen-bond donors (Lipinski definition) is 0. The molecule has 0 N–H and O–H groups in total. The van der Waals surface area contributed by atoms with Gasteiger partial charge in [-0.15, -0.1) is 11.3 Å². The molecule has 6 heteroatoms. The Bertz CT molecular complexity index is 1260. The van der Waals surface area contributed by atoms with Gasteiger partial charge in [-0.2, -0.15) is 0 Å². The maximum Gasteiger partial charge on any atom is 0.263 e. The molecule has 0 fully saturated rings. The highest BCUT2D eigenvalue weighted by molar-refractivity contribution is 7.17.